The van der Waals surface area contributed by atoms with Crippen molar-refractivity contribution in [1.29, 1.82) is 0 Å². The SMILES string of the molecule is CC[C@@H](NC(=O)c1cnc(-c2cccnc2)nc1)c1ccnn1C. The van der Waals surface area contributed by atoms with Gasteiger partial charge in [-0.3, -0.25) is 14.5 Å². The van der Waals surface area contributed by atoms with E-state index in [9.17, 15) is 4.79 Å². The molecule has 0 aliphatic heterocycles. The van der Waals surface area contributed by atoms with Crippen LogP contribution in [0.3, 0.4) is 0 Å². The maximum absolute atomic E-state index is 12.4. The van der Waals surface area contributed by atoms with Crippen molar-refractivity contribution >= 4 is 5.91 Å². The van der Waals surface area contributed by atoms with Crippen molar-refractivity contribution in [2.24, 2.45) is 7.05 Å². The van der Waals surface area contributed by atoms with E-state index >= 15 is 0 Å². The number of rotatable bonds is 5. The average Bonchev–Trinajstić information content (AvgIpc) is 3.06. The number of nitrogens with one attached hydrogen (secondary N) is 1. The van der Waals surface area contributed by atoms with Gasteiger partial charge in [-0.25, -0.2) is 9.97 Å². The molecular formula is C17H18N6O. The largest absolute Gasteiger partial charge is 0.344 e. The molecule has 1 N–H and O–H groups in total. The first kappa shape index (κ1) is 15.8. The van der Waals surface area contributed by atoms with Gasteiger partial charge in [-0.15, -0.1) is 0 Å². The summed E-state index contributed by atoms with van der Waals surface area (Å²) in [5.41, 5.74) is 2.19. The Bertz CT molecular complexity index is 813. The van der Waals surface area contributed by atoms with Gasteiger partial charge < -0.3 is 5.32 Å². The van der Waals surface area contributed by atoms with Crippen LogP contribution in [0.15, 0.2) is 49.2 Å². The number of amides is 1. The van der Waals surface area contributed by atoms with Crippen LogP contribution in [0.2, 0.25) is 0 Å². The number of aromatic nitrogens is 5. The molecule has 0 unspecified atom stereocenters. The number of aryl methyl sites for hydroxylation is 1. The van der Waals surface area contributed by atoms with E-state index in [2.05, 4.69) is 25.4 Å². The zero-order chi connectivity index (χ0) is 16.9. The summed E-state index contributed by atoms with van der Waals surface area (Å²) in [6.45, 7) is 2.01. The van der Waals surface area contributed by atoms with E-state index in [1.165, 1.54) is 12.4 Å². The summed E-state index contributed by atoms with van der Waals surface area (Å²) >= 11 is 0. The highest BCUT2D eigenvalue weighted by Gasteiger charge is 2.17. The van der Waals surface area contributed by atoms with Crippen molar-refractivity contribution in [1.82, 2.24) is 30.0 Å². The lowest BCUT2D eigenvalue weighted by Crippen LogP contribution is -2.29. The molecule has 0 aromatic carbocycles. The maximum Gasteiger partial charge on any atom is 0.254 e. The second-order valence-electron chi connectivity index (χ2n) is 5.35. The number of carbonyl (C=O) groups excluding carboxylic acids is 1. The number of hydrogen-bond acceptors (Lipinski definition) is 5. The summed E-state index contributed by atoms with van der Waals surface area (Å²) < 4.78 is 1.76. The zero-order valence-electron chi connectivity index (χ0n) is 13.5. The van der Waals surface area contributed by atoms with Crippen molar-refractivity contribution in [3.05, 3.63) is 60.4 Å². The van der Waals surface area contributed by atoms with Crippen molar-refractivity contribution in [2.75, 3.05) is 0 Å². The Morgan fingerprint density at radius 2 is 2.00 bits per heavy atom. The molecular weight excluding hydrogens is 304 g/mol. The van der Waals surface area contributed by atoms with Gasteiger partial charge in [0.2, 0.25) is 0 Å². The summed E-state index contributed by atoms with van der Waals surface area (Å²) in [5, 5.41) is 7.14. The van der Waals surface area contributed by atoms with Crippen LogP contribution in [-0.4, -0.2) is 30.6 Å². The van der Waals surface area contributed by atoms with E-state index in [4.69, 9.17) is 0 Å². The van der Waals surface area contributed by atoms with Gasteiger partial charge in [-0.05, 0) is 24.6 Å². The first-order chi connectivity index (χ1) is 11.7. The molecule has 3 aromatic heterocycles. The fourth-order valence-corrected chi connectivity index (χ4v) is 2.44. The summed E-state index contributed by atoms with van der Waals surface area (Å²) in [6.07, 6.45) is 8.91. The summed E-state index contributed by atoms with van der Waals surface area (Å²) in [7, 11) is 1.86. The van der Waals surface area contributed by atoms with E-state index in [1.54, 1.807) is 23.3 Å². The van der Waals surface area contributed by atoms with Gasteiger partial charge in [-0.2, -0.15) is 5.10 Å². The van der Waals surface area contributed by atoms with Crippen LogP contribution in [0.1, 0.15) is 35.4 Å². The number of hydrogen-bond donors (Lipinski definition) is 1. The molecule has 0 fully saturated rings. The normalized spacial score (nSPS) is 11.9. The molecule has 0 saturated heterocycles. The average molecular weight is 322 g/mol. The predicted molar refractivity (Wildman–Crippen MR) is 89.0 cm³/mol. The van der Waals surface area contributed by atoms with Crippen LogP contribution in [0.4, 0.5) is 0 Å². The minimum absolute atomic E-state index is 0.108. The number of pyridine rings is 1. The second kappa shape index (κ2) is 6.99. The predicted octanol–water partition coefficient (Wildman–Crippen LogP) is 2.15. The minimum atomic E-state index is -0.208. The summed E-state index contributed by atoms with van der Waals surface area (Å²) in [4.78, 5) is 25.0. The molecule has 0 aliphatic rings. The van der Waals surface area contributed by atoms with Gasteiger partial charge in [0.15, 0.2) is 5.82 Å². The second-order valence-corrected chi connectivity index (χ2v) is 5.35. The molecule has 24 heavy (non-hydrogen) atoms. The van der Waals surface area contributed by atoms with Gasteiger partial charge in [0, 0.05) is 43.6 Å². The zero-order valence-corrected chi connectivity index (χ0v) is 13.5. The maximum atomic E-state index is 12.4. The Morgan fingerprint density at radius 3 is 2.58 bits per heavy atom. The van der Waals surface area contributed by atoms with Crippen molar-refractivity contribution < 1.29 is 4.79 Å². The highest BCUT2D eigenvalue weighted by Crippen LogP contribution is 2.16. The molecule has 0 radical (unpaired) electrons. The van der Waals surface area contributed by atoms with E-state index in [0.29, 0.717) is 11.4 Å². The third kappa shape index (κ3) is 3.29. The standard InChI is InChI=1S/C17H18N6O/c1-3-14(15-6-8-21-23(15)2)22-17(24)13-10-19-16(20-11-13)12-5-4-7-18-9-12/h4-11,14H,3H2,1-2H3,(H,22,24)/t14-/m1/s1. The third-order valence-electron chi connectivity index (χ3n) is 3.76. The van der Waals surface area contributed by atoms with Gasteiger partial charge >= 0.3 is 0 Å². The van der Waals surface area contributed by atoms with E-state index < -0.39 is 0 Å². The number of carbonyl (C=O) groups is 1. The Labute approximate surface area is 139 Å². The smallest absolute Gasteiger partial charge is 0.254 e. The Balaban J connectivity index is 1.74. The monoisotopic (exact) mass is 322 g/mol. The van der Waals surface area contributed by atoms with Crippen molar-refractivity contribution in [2.45, 2.75) is 19.4 Å². The van der Waals surface area contributed by atoms with Crippen LogP contribution in [0.5, 0.6) is 0 Å². The van der Waals surface area contributed by atoms with Crippen LogP contribution in [-0.2, 0) is 7.05 Å². The molecule has 3 heterocycles. The van der Waals surface area contributed by atoms with Gasteiger partial charge in [-0.1, -0.05) is 6.92 Å². The molecule has 122 valence electrons. The first-order valence-electron chi connectivity index (χ1n) is 7.70. The molecule has 0 aliphatic carbocycles. The quantitative estimate of drug-likeness (QED) is 0.778. The molecule has 0 bridgehead atoms. The van der Waals surface area contributed by atoms with Crippen LogP contribution in [0, 0.1) is 0 Å². The highest BCUT2D eigenvalue weighted by molar-refractivity contribution is 5.93. The van der Waals surface area contributed by atoms with Gasteiger partial charge in [0.25, 0.3) is 5.91 Å². The third-order valence-corrected chi connectivity index (χ3v) is 3.76. The fourth-order valence-electron chi connectivity index (χ4n) is 2.44. The molecule has 1 atom stereocenters. The lowest BCUT2D eigenvalue weighted by atomic mass is 10.1. The lowest BCUT2D eigenvalue weighted by Gasteiger charge is -2.17. The summed E-state index contributed by atoms with van der Waals surface area (Å²) in [5.74, 6) is 0.333. The van der Waals surface area contributed by atoms with Gasteiger partial charge in [0.05, 0.1) is 17.3 Å². The Hall–Kier alpha value is -3.09. The van der Waals surface area contributed by atoms with E-state index in [1.807, 2.05) is 32.2 Å². The van der Waals surface area contributed by atoms with Crippen molar-refractivity contribution in [3.63, 3.8) is 0 Å². The molecule has 7 heteroatoms. The number of nitrogens with zero attached hydrogens (tertiary/aromatic N) is 5. The molecule has 7 nitrogen and oxygen atoms in total. The Morgan fingerprint density at radius 1 is 1.21 bits per heavy atom. The van der Waals surface area contributed by atoms with E-state index in [-0.39, 0.29) is 11.9 Å². The Kier molecular flexibility index (Phi) is 4.60. The highest BCUT2D eigenvalue weighted by atomic mass is 16.1. The molecule has 0 spiro atoms. The molecule has 1 amide bonds. The van der Waals surface area contributed by atoms with Crippen LogP contribution < -0.4 is 5.32 Å². The van der Waals surface area contributed by atoms with E-state index in [0.717, 1.165) is 17.7 Å². The van der Waals surface area contributed by atoms with Gasteiger partial charge in [0.1, 0.15) is 0 Å². The minimum Gasteiger partial charge on any atom is -0.344 e. The fraction of sp³-hybridized carbons (Fsp3) is 0.235. The lowest BCUT2D eigenvalue weighted by molar-refractivity contribution is 0.0933. The van der Waals surface area contributed by atoms with Crippen LogP contribution in [0.25, 0.3) is 11.4 Å². The molecule has 3 rings (SSSR count). The molecule has 3 aromatic rings. The van der Waals surface area contributed by atoms with Crippen LogP contribution >= 0.6 is 0 Å². The molecule has 0 saturated carbocycles. The first-order valence-corrected chi connectivity index (χ1v) is 7.70. The topological polar surface area (TPSA) is 85.6 Å². The van der Waals surface area contributed by atoms with Crippen molar-refractivity contribution in [3.8, 4) is 11.4 Å². The summed E-state index contributed by atoms with van der Waals surface area (Å²) in [6, 6.07) is 5.48.